The molecular formula is C21H22N2O2. The van der Waals surface area contributed by atoms with Crippen LogP contribution in [-0.4, -0.2) is 17.4 Å². The first kappa shape index (κ1) is 17.0. The van der Waals surface area contributed by atoms with E-state index in [0.717, 1.165) is 22.0 Å². The molecule has 0 bridgehead atoms. The van der Waals surface area contributed by atoms with E-state index in [0.29, 0.717) is 24.1 Å². The van der Waals surface area contributed by atoms with Gasteiger partial charge in [0.1, 0.15) is 0 Å². The van der Waals surface area contributed by atoms with Crippen molar-refractivity contribution in [2.45, 2.75) is 27.2 Å². The lowest BCUT2D eigenvalue weighted by molar-refractivity contribution is 0.0953. The highest BCUT2D eigenvalue weighted by atomic mass is 16.1. The molecule has 1 aromatic heterocycles. The van der Waals surface area contributed by atoms with Gasteiger partial charge in [-0.25, -0.2) is 0 Å². The van der Waals surface area contributed by atoms with Gasteiger partial charge in [0.15, 0.2) is 0 Å². The summed E-state index contributed by atoms with van der Waals surface area (Å²) in [5.41, 5.74) is 5.39. The molecule has 0 atom stereocenters. The van der Waals surface area contributed by atoms with Gasteiger partial charge in [0, 0.05) is 23.2 Å². The lowest BCUT2D eigenvalue weighted by Crippen LogP contribution is -2.28. The monoisotopic (exact) mass is 334 g/mol. The zero-order valence-electron chi connectivity index (χ0n) is 14.8. The number of aryl methyl sites for hydroxylation is 3. The molecule has 0 aliphatic rings. The Morgan fingerprint density at radius 2 is 1.72 bits per heavy atom. The molecule has 0 radical (unpaired) electrons. The minimum atomic E-state index is -0.109. The van der Waals surface area contributed by atoms with Crippen molar-refractivity contribution < 1.29 is 4.79 Å². The van der Waals surface area contributed by atoms with E-state index in [1.165, 1.54) is 5.56 Å². The molecule has 2 aromatic carbocycles. The average molecular weight is 334 g/mol. The van der Waals surface area contributed by atoms with Crippen molar-refractivity contribution >= 4 is 16.8 Å². The third-order valence-corrected chi connectivity index (χ3v) is 4.61. The van der Waals surface area contributed by atoms with E-state index in [4.69, 9.17) is 0 Å². The Morgan fingerprint density at radius 1 is 1.00 bits per heavy atom. The third kappa shape index (κ3) is 3.63. The molecule has 3 rings (SSSR count). The van der Waals surface area contributed by atoms with Crippen LogP contribution in [-0.2, 0) is 6.42 Å². The minimum Gasteiger partial charge on any atom is -0.352 e. The first-order valence-corrected chi connectivity index (χ1v) is 8.42. The van der Waals surface area contributed by atoms with Crippen molar-refractivity contribution in [1.82, 2.24) is 10.3 Å². The fraction of sp³-hybridized carbons (Fsp3) is 0.238. The highest BCUT2D eigenvalue weighted by Gasteiger charge is 2.09. The van der Waals surface area contributed by atoms with Crippen molar-refractivity contribution in [3.63, 3.8) is 0 Å². The summed E-state index contributed by atoms with van der Waals surface area (Å²) in [6.45, 7) is 6.42. The predicted molar refractivity (Wildman–Crippen MR) is 101 cm³/mol. The van der Waals surface area contributed by atoms with E-state index in [1.807, 2.05) is 44.2 Å². The van der Waals surface area contributed by atoms with Crippen LogP contribution in [0.25, 0.3) is 10.9 Å². The van der Waals surface area contributed by atoms with Gasteiger partial charge in [-0.2, -0.15) is 0 Å². The van der Waals surface area contributed by atoms with E-state index < -0.39 is 0 Å². The summed E-state index contributed by atoms with van der Waals surface area (Å²) in [7, 11) is 0. The van der Waals surface area contributed by atoms with Crippen molar-refractivity contribution in [3.8, 4) is 0 Å². The van der Waals surface area contributed by atoms with Crippen molar-refractivity contribution in [3.05, 3.63) is 80.6 Å². The maximum atomic E-state index is 12.3. The predicted octanol–water partition coefficient (Wildman–Crippen LogP) is 3.43. The van der Waals surface area contributed by atoms with Gasteiger partial charge in [0.2, 0.25) is 0 Å². The summed E-state index contributed by atoms with van der Waals surface area (Å²) >= 11 is 0. The molecule has 0 saturated heterocycles. The molecule has 1 amide bonds. The molecule has 0 saturated carbocycles. The number of fused-ring (bicyclic) bond motifs is 1. The number of rotatable bonds is 4. The molecule has 3 aromatic rings. The summed E-state index contributed by atoms with van der Waals surface area (Å²) in [5.74, 6) is -0.109. The Kier molecular flexibility index (Phi) is 4.70. The largest absolute Gasteiger partial charge is 0.352 e. The Labute approximate surface area is 146 Å². The van der Waals surface area contributed by atoms with Gasteiger partial charge in [-0.05, 0) is 73.5 Å². The fourth-order valence-corrected chi connectivity index (χ4v) is 2.94. The highest BCUT2D eigenvalue weighted by Crippen LogP contribution is 2.17. The molecule has 0 unspecified atom stereocenters. The van der Waals surface area contributed by atoms with E-state index in [9.17, 15) is 9.59 Å². The lowest BCUT2D eigenvalue weighted by atomic mass is 10.0. The molecule has 128 valence electrons. The van der Waals surface area contributed by atoms with Crippen molar-refractivity contribution in [1.29, 1.82) is 0 Å². The van der Waals surface area contributed by atoms with E-state index in [1.54, 1.807) is 6.07 Å². The van der Waals surface area contributed by atoms with Crippen molar-refractivity contribution in [2.24, 2.45) is 0 Å². The molecule has 0 spiro atoms. The van der Waals surface area contributed by atoms with Gasteiger partial charge < -0.3 is 10.3 Å². The van der Waals surface area contributed by atoms with Crippen LogP contribution in [0.3, 0.4) is 0 Å². The van der Waals surface area contributed by atoms with Crippen LogP contribution in [0.5, 0.6) is 0 Å². The summed E-state index contributed by atoms with van der Waals surface area (Å²) < 4.78 is 0. The second-order valence-corrected chi connectivity index (χ2v) is 6.47. The molecule has 25 heavy (non-hydrogen) atoms. The van der Waals surface area contributed by atoms with Gasteiger partial charge >= 0.3 is 0 Å². The number of carbonyl (C=O) groups is 1. The molecular weight excluding hydrogens is 312 g/mol. The number of amides is 1. The summed E-state index contributed by atoms with van der Waals surface area (Å²) in [6, 6.07) is 13.5. The van der Waals surface area contributed by atoms with Gasteiger partial charge in [-0.1, -0.05) is 18.2 Å². The number of benzene rings is 2. The fourth-order valence-electron chi connectivity index (χ4n) is 2.94. The smallest absolute Gasteiger partial charge is 0.251 e. The first-order chi connectivity index (χ1) is 12.0. The number of hydrogen-bond donors (Lipinski definition) is 2. The third-order valence-electron chi connectivity index (χ3n) is 4.61. The number of aromatic amines is 1. The van der Waals surface area contributed by atoms with Gasteiger partial charge in [0.05, 0.1) is 0 Å². The summed E-state index contributed by atoms with van der Waals surface area (Å²) in [4.78, 5) is 27.4. The molecule has 4 nitrogen and oxygen atoms in total. The van der Waals surface area contributed by atoms with Crippen LogP contribution in [0.2, 0.25) is 0 Å². The zero-order valence-corrected chi connectivity index (χ0v) is 14.8. The van der Waals surface area contributed by atoms with E-state index >= 15 is 0 Å². The second-order valence-electron chi connectivity index (χ2n) is 6.47. The Bertz CT molecular complexity index is 1000. The van der Waals surface area contributed by atoms with E-state index in [2.05, 4.69) is 23.3 Å². The Hall–Kier alpha value is -2.88. The van der Waals surface area contributed by atoms with Crippen LogP contribution in [0, 0.1) is 20.8 Å². The lowest BCUT2D eigenvalue weighted by Gasteiger charge is -2.09. The van der Waals surface area contributed by atoms with Gasteiger partial charge in [-0.3, -0.25) is 9.59 Å². The summed E-state index contributed by atoms with van der Waals surface area (Å²) in [6.07, 6.45) is 0.496. The van der Waals surface area contributed by atoms with Crippen LogP contribution < -0.4 is 10.9 Å². The number of aromatic nitrogens is 1. The number of hydrogen-bond acceptors (Lipinski definition) is 2. The second kappa shape index (κ2) is 6.93. The SMILES string of the molecule is Cc1cc2cc(CCNC(=O)c3ccccc3C)c(=O)[nH]c2cc1C. The van der Waals surface area contributed by atoms with E-state index in [-0.39, 0.29) is 11.5 Å². The zero-order chi connectivity index (χ0) is 18.0. The molecule has 0 aliphatic carbocycles. The normalized spacial score (nSPS) is 10.8. The van der Waals surface area contributed by atoms with Crippen LogP contribution in [0.15, 0.2) is 47.3 Å². The Balaban J connectivity index is 1.74. The molecule has 0 fully saturated rings. The maximum Gasteiger partial charge on any atom is 0.251 e. The van der Waals surface area contributed by atoms with Crippen LogP contribution in [0.4, 0.5) is 0 Å². The van der Waals surface area contributed by atoms with Crippen LogP contribution in [0.1, 0.15) is 32.6 Å². The van der Waals surface area contributed by atoms with Crippen LogP contribution >= 0.6 is 0 Å². The molecule has 1 heterocycles. The standard InChI is InChI=1S/C21H22N2O2/c1-13-6-4-5-7-18(13)21(25)22-9-8-16-12-17-10-14(2)15(3)11-19(17)23-20(16)24/h4-7,10-12H,8-9H2,1-3H3,(H,22,25)(H,23,24). The molecule has 0 aliphatic heterocycles. The van der Waals surface area contributed by atoms with Gasteiger partial charge in [0.25, 0.3) is 11.5 Å². The minimum absolute atomic E-state index is 0.0964. The summed E-state index contributed by atoms with van der Waals surface area (Å²) in [5, 5.41) is 3.91. The number of H-pyrrole nitrogens is 1. The molecule has 2 N–H and O–H groups in total. The Morgan fingerprint density at radius 3 is 2.48 bits per heavy atom. The quantitative estimate of drug-likeness (QED) is 0.768. The van der Waals surface area contributed by atoms with Crippen molar-refractivity contribution in [2.75, 3.05) is 6.54 Å². The average Bonchev–Trinajstić information content (AvgIpc) is 2.57. The number of carbonyl (C=O) groups excluding carboxylic acids is 1. The number of pyridine rings is 1. The van der Waals surface area contributed by atoms with Gasteiger partial charge in [-0.15, -0.1) is 0 Å². The maximum absolute atomic E-state index is 12.3. The highest BCUT2D eigenvalue weighted by molar-refractivity contribution is 5.95. The topological polar surface area (TPSA) is 62.0 Å². The first-order valence-electron chi connectivity index (χ1n) is 8.42. The molecule has 4 heteroatoms. The number of nitrogens with one attached hydrogen (secondary N) is 2.